The molecule has 0 atom stereocenters. The second-order valence-electron chi connectivity index (χ2n) is 3.59. The van der Waals surface area contributed by atoms with Crippen molar-refractivity contribution in [1.82, 2.24) is 14.4 Å². The Bertz CT molecular complexity index is 676. The topological polar surface area (TPSA) is 30.2 Å². The molecule has 0 fully saturated rings. The Labute approximate surface area is 105 Å². The normalized spacial score (nSPS) is 10.9. The summed E-state index contributed by atoms with van der Waals surface area (Å²) < 4.78 is 15.5. The number of imidazole rings is 1. The van der Waals surface area contributed by atoms with Gasteiger partial charge in [-0.05, 0) is 40.2 Å². The van der Waals surface area contributed by atoms with E-state index in [9.17, 15) is 4.39 Å². The number of halogens is 2. The molecule has 3 nitrogen and oxygen atoms in total. The quantitative estimate of drug-likeness (QED) is 0.689. The Balaban J connectivity index is 2.23. The zero-order chi connectivity index (χ0) is 11.8. The largest absolute Gasteiger partial charge is 0.296 e. The van der Waals surface area contributed by atoms with Gasteiger partial charge in [-0.3, -0.25) is 4.40 Å². The zero-order valence-electron chi connectivity index (χ0n) is 8.64. The van der Waals surface area contributed by atoms with Crippen LogP contribution in [0.3, 0.4) is 0 Å². The fourth-order valence-electron chi connectivity index (χ4n) is 1.70. The van der Waals surface area contributed by atoms with Crippen LogP contribution in [0, 0.1) is 5.82 Å². The standard InChI is InChI=1S/C12H7BrFN3/c13-11-7-17-10(5-16-12(17)6-15-11)8-1-3-9(14)4-2-8/h1-7H. The van der Waals surface area contributed by atoms with Crippen molar-refractivity contribution in [2.24, 2.45) is 0 Å². The highest BCUT2D eigenvalue weighted by Gasteiger charge is 2.06. The molecule has 3 rings (SSSR count). The highest BCUT2D eigenvalue weighted by molar-refractivity contribution is 9.10. The number of aromatic nitrogens is 3. The Morgan fingerprint density at radius 3 is 2.59 bits per heavy atom. The molecule has 0 aliphatic rings. The summed E-state index contributed by atoms with van der Waals surface area (Å²) in [5.41, 5.74) is 2.58. The van der Waals surface area contributed by atoms with Gasteiger partial charge >= 0.3 is 0 Å². The summed E-state index contributed by atoms with van der Waals surface area (Å²) in [4.78, 5) is 8.35. The van der Waals surface area contributed by atoms with Crippen LogP contribution in [0.25, 0.3) is 16.9 Å². The maximum atomic E-state index is 12.9. The lowest BCUT2D eigenvalue weighted by Crippen LogP contribution is -1.90. The molecule has 0 radical (unpaired) electrons. The number of hydrogen-bond acceptors (Lipinski definition) is 2. The van der Waals surface area contributed by atoms with Crippen molar-refractivity contribution in [2.45, 2.75) is 0 Å². The van der Waals surface area contributed by atoms with Crippen molar-refractivity contribution in [1.29, 1.82) is 0 Å². The molecule has 1 aromatic carbocycles. The van der Waals surface area contributed by atoms with Crippen LogP contribution in [-0.2, 0) is 0 Å². The van der Waals surface area contributed by atoms with E-state index >= 15 is 0 Å². The molecular formula is C12H7BrFN3. The first-order valence-electron chi connectivity index (χ1n) is 4.98. The van der Waals surface area contributed by atoms with Gasteiger partial charge in [0, 0.05) is 11.8 Å². The Kier molecular flexibility index (Phi) is 2.40. The molecule has 0 bridgehead atoms. The fourth-order valence-corrected chi connectivity index (χ4v) is 2.01. The molecule has 2 aromatic heterocycles. The predicted octanol–water partition coefficient (Wildman–Crippen LogP) is 3.30. The maximum Gasteiger partial charge on any atom is 0.155 e. The number of rotatable bonds is 1. The lowest BCUT2D eigenvalue weighted by atomic mass is 10.2. The van der Waals surface area contributed by atoms with Gasteiger partial charge in [-0.15, -0.1) is 0 Å². The third-order valence-electron chi connectivity index (χ3n) is 2.50. The highest BCUT2D eigenvalue weighted by atomic mass is 79.9. The summed E-state index contributed by atoms with van der Waals surface area (Å²) in [5, 5.41) is 0. The van der Waals surface area contributed by atoms with E-state index in [1.165, 1.54) is 12.1 Å². The average Bonchev–Trinajstić information content (AvgIpc) is 2.73. The Hall–Kier alpha value is -1.75. The van der Waals surface area contributed by atoms with E-state index in [1.807, 2.05) is 10.6 Å². The molecular weight excluding hydrogens is 285 g/mol. The molecule has 0 N–H and O–H groups in total. The molecule has 0 amide bonds. The van der Waals surface area contributed by atoms with E-state index < -0.39 is 0 Å². The SMILES string of the molecule is Fc1ccc(-c2cnc3cnc(Br)cn23)cc1. The first kappa shape index (κ1) is 10.4. The van der Waals surface area contributed by atoms with Crippen LogP contribution in [0.2, 0.25) is 0 Å². The highest BCUT2D eigenvalue weighted by Crippen LogP contribution is 2.21. The summed E-state index contributed by atoms with van der Waals surface area (Å²) in [5.74, 6) is -0.245. The molecule has 3 aromatic rings. The molecule has 0 spiro atoms. The molecule has 0 saturated carbocycles. The van der Waals surface area contributed by atoms with E-state index in [-0.39, 0.29) is 5.82 Å². The van der Waals surface area contributed by atoms with Crippen molar-refractivity contribution in [3.05, 3.63) is 53.3 Å². The first-order chi connectivity index (χ1) is 8.24. The van der Waals surface area contributed by atoms with Gasteiger partial charge in [0.2, 0.25) is 0 Å². The molecule has 0 saturated heterocycles. The van der Waals surface area contributed by atoms with Crippen LogP contribution in [0.15, 0.2) is 47.5 Å². The number of hydrogen-bond donors (Lipinski definition) is 0. The van der Waals surface area contributed by atoms with Gasteiger partial charge in [-0.2, -0.15) is 0 Å². The molecule has 0 aliphatic heterocycles. The van der Waals surface area contributed by atoms with E-state index in [0.29, 0.717) is 0 Å². The minimum Gasteiger partial charge on any atom is -0.296 e. The van der Waals surface area contributed by atoms with Crippen LogP contribution >= 0.6 is 15.9 Å². The predicted molar refractivity (Wildman–Crippen MR) is 66.1 cm³/mol. The zero-order valence-corrected chi connectivity index (χ0v) is 10.2. The summed E-state index contributed by atoms with van der Waals surface area (Å²) in [6.07, 6.45) is 5.26. The van der Waals surface area contributed by atoms with Crippen LogP contribution in [0.1, 0.15) is 0 Å². The minimum absolute atomic E-state index is 0.245. The van der Waals surface area contributed by atoms with Crippen LogP contribution in [-0.4, -0.2) is 14.4 Å². The molecule has 2 heterocycles. The van der Waals surface area contributed by atoms with Crippen LogP contribution < -0.4 is 0 Å². The molecule has 17 heavy (non-hydrogen) atoms. The van der Waals surface area contributed by atoms with Crippen molar-refractivity contribution >= 4 is 21.6 Å². The van der Waals surface area contributed by atoms with Gasteiger partial charge in [0.05, 0.1) is 18.1 Å². The fraction of sp³-hybridized carbons (Fsp3) is 0. The molecule has 0 unspecified atom stereocenters. The van der Waals surface area contributed by atoms with E-state index in [1.54, 1.807) is 24.5 Å². The molecule has 5 heteroatoms. The number of nitrogens with zero attached hydrogens (tertiary/aromatic N) is 3. The summed E-state index contributed by atoms with van der Waals surface area (Å²) in [6.45, 7) is 0. The van der Waals surface area contributed by atoms with Crippen molar-refractivity contribution < 1.29 is 4.39 Å². The lowest BCUT2D eigenvalue weighted by molar-refractivity contribution is 0.628. The van der Waals surface area contributed by atoms with Gasteiger partial charge in [0.15, 0.2) is 5.65 Å². The van der Waals surface area contributed by atoms with Gasteiger partial charge < -0.3 is 0 Å². The monoisotopic (exact) mass is 291 g/mol. The summed E-state index contributed by atoms with van der Waals surface area (Å²) in [7, 11) is 0. The Morgan fingerprint density at radius 2 is 1.82 bits per heavy atom. The average molecular weight is 292 g/mol. The van der Waals surface area contributed by atoms with E-state index in [4.69, 9.17) is 0 Å². The second-order valence-corrected chi connectivity index (χ2v) is 4.40. The maximum absolute atomic E-state index is 12.9. The summed E-state index contributed by atoms with van der Waals surface area (Å²) in [6, 6.07) is 6.33. The van der Waals surface area contributed by atoms with Crippen LogP contribution in [0.5, 0.6) is 0 Å². The molecule has 0 aliphatic carbocycles. The Morgan fingerprint density at radius 1 is 1.06 bits per heavy atom. The van der Waals surface area contributed by atoms with E-state index in [2.05, 4.69) is 25.9 Å². The second kappa shape index (κ2) is 3.92. The smallest absolute Gasteiger partial charge is 0.155 e. The minimum atomic E-state index is -0.245. The van der Waals surface area contributed by atoms with Crippen LogP contribution in [0.4, 0.5) is 4.39 Å². The number of fused-ring (bicyclic) bond motifs is 1. The third-order valence-corrected chi connectivity index (χ3v) is 2.91. The van der Waals surface area contributed by atoms with Gasteiger partial charge in [0.1, 0.15) is 10.4 Å². The number of benzene rings is 1. The van der Waals surface area contributed by atoms with Gasteiger partial charge in [0.25, 0.3) is 0 Å². The molecule has 84 valence electrons. The lowest BCUT2D eigenvalue weighted by Gasteiger charge is -2.01. The van der Waals surface area contributed by atoms with Gasteiger partial charge in [-0.1, -0.05) is 0 Å². The third kappa shape index (κ3) is 1.82. The van der Waals surface area contributed by atoms with E-state index in [0.717, 1.165) is 21.5 Å². The van der Waals surface area contributed by atoms with Crippen molar-refractivity contribution in [3.63, 3.8) is 0 Å². The van der Waals surface area contributed by atoms with Crippen molar-refractivity contribution in [3.8, 4) is 11.3 Å². The first-order valence-corrected chi connectivity index (χ1v) is 5.78. The summed E-state index contributed by atoms with van der Waals surface area (Å²) >= 11 is 3.32. The van der Waals surface area contributed by atoms with Crippen molar-refractivity contribution in [2.75, 3.05) is 0 Å². The van der Waals surface area contributed by atoms with Gasteiger partial charge in [-0.25, -0.2) is 14.4 Å².